The third-order valence-electron chi connectivity index (χ3n) is 3.24. The van der Waals surface area contributed by atoms with Gasteiger partial charge < -0.3 is 9.88 Å². The molecule has 0 spiro atoms. The van der Waals surface area contributed by atoms with Gasteiger partial charge in [0.15, 0.2) is 0 Å². The largest absolute Gasteiger partial charge is 0.335 e. The van der Waals surface area contributed by atoms with Crippen molar-refractivity contribution in [1.29, 1.82) is 0 Å². The fourth-order valence-corrected chi connectivity index (χ4v) is 2.07. The highest BCUT2D eigenvalue weighted by Crippen LogP contribution is 2.10. The van der Waals surface area contributed by atoms with E-state index in [0.29, 0.717) is 6.04 Å². The summed E-state index contributed by atoms with van der Waals surface area (Å²) in [5.41, 5.74) is 2.64. The van der Waals surface area contributed by atoms with Crippen molar-refractivity contribution in [3.63, 3.8) is 0 Å². The normalized spacial score (nSPS) is 11.2. The molecule has 1 heterocycles. The average Bonchev–Trinajstić information content (AvgIpc) is 2.85. The minimum absolute atomic E-state index is 0.525. The molecule has 0 radical (unpaired) electrons. The second kappa shape index (κ2) is 6.53. The Morgan fingerprint density at radius 2 is 1.84 bits per heavy atom. The lowest BCUT2D eigenvalue weighted by Crippen LogP contribution is -2.21. The fourth-order valence-electron chi connectivity index (χ4n) is 2.07. The maximum absolute atomic E-state index is 4.41. The lowest BCUT2D eigenvalue weighted by molar-refractivity contribution is 0.589. The van der Waals surface area contributed by atoms with Gasteiger partial charge in [-0.1, -0.05) is 38.1 Å². The van der Waals surface area contributed by atoms with Crippen LogP contribution in [0.1, 0.15) is 37.7 Å². The summed E-state index contributed by atoms with van der Waals surface area (Å²) >= 11 is 0. The third-order valence-corrected chi connectivity index (χ3v) is 3.24. The van der Waals surface area contributed by atoms with E-state index in [2.05, 4.69) is 59.9 Å². The van der Waals surface area contributed by atoms with Crippen molar-refractivity contribution >= 4 is 0 Å². The van der Waals surface area contributed by atoms with Gasteiger partial charge in [-0.2, -0.15) is 0 Å². The summed E-state index contributed by atoms with van der Waals surface area (Å²) in [5.74, 6) is 1.13. The first kappa shape index (κ1) is 13.8. The molecule has 0 bridgehead atoms. The first-order chi connectivity index (χ1) is 9.19. The molecule has 2 aromatic rings. The van der Waals surface area contributed by atoms with Crippen molar-refractivity contribution in [3.8, 4) is 0 Å². The van der Waals surface area contributed by atoms with Gasteiger partial charge in [-0.3, -0.25) is 0 Å². The minimum atomic E-state index is 0.525. The van der Waals surface area contributed by atoms with Crippen molar-refractivity contribution in [2.24, 2.45) is 0 Å². The second-order valence-corrected chi connectivity index (χ2v) is 5.16. The Morgan fingerprint density at radius 1 is 1.16 bits per heavy atom. The third kappa shape index (κ3) is 3.93. The van der Waals surface area contributed by atoms with Crippen LogP contribution < -0.4 is 5.32 Å². The Bertz CT molecular complexity index is 497. The molecule has 0 saturated carbocycles. The van der Waals surface area contributed by atoms with Gasteiger partial charge in [-0.05, 0) is 18.1 Å². The fraction of sp³-hybridized carbons (Fsp3) is 0.438. The molecule has 0 saturated heterocycles. The van der Waals surface area contributed by atoms with Gasteiger partial charge in [0.1, 0.15) is 5.82 Å². The minimum Gasteiger partial charge on any atom is -0.335 e. The molecule has 0 aliphatic rings. The Morgan fingerprint density at radius 3 is 2.47 bits per heavy atom. The van der Waals surface area contributed by atoms with Crippen LogP contribution in [-0.4, -0.2) is 15.6 Å². The van der Waals surface area contributed by atoms with Crippen LogP contribution in [0, 0.1) is 0 Å². The molecule has 0 fully saturated rings. The number of nitrogens with one attached hydrogen (secondary N) is 1. The number of rotatable bonds is 6. The number of aryl methyl sites for hydroxylation is 1. The summed E-state index contributed by atoms with van der Waals surface area (Å²) in [4.78, 5) is 4.41. The molecule has 2 rings (SSSR count). The first-order valence-corrected chi connectivity index (χ1v) is 7.00. The Labute approximate surface area is 115 Å². The van der Waals surface area contributed by atoms with Crippen LogP contribution in [0.3, 0.4) is 0 Å². The Kier molecular flexibility index (Phi) is 4.74. The molecule has 19 heavy (non-hydrogen) atoms. The molecule has 0 aliphatic carbocycles. The van der Waals surface area contributed by atoms with Crippen molar-refractivity contribution < 1.29 is 0 Å². The molecule has 1 N–H and O–H groups in total. The van der Waals surface area contributed by atoms with Crippen molar-refractivity contribution in [1.82, 2.24) is 14.9 Å². The number of aromatic nitrogens is 2. The number of imidazole rings is 1. The smallest absolute Gasteiger partial charge is 0.113 e. The molecule has 3 heteroatoms. The van der Waals surface area contributed by atoms with E-state index < -0.39 is 0 Å². The average molecular weight is 257 g/mol. The van der Waals surface area contributed by atoms with Crippen LogP contribution in [0.25, 0.3) is 0 Å². The summed E-state index contributed by atoms with van der Waals surface area (Å²) in [7, 11) is 0. The highest BCUT2D eigenvalue weighted by molar-refractivity contribution is 5.25. The molecule has 0 unspecified atom stereocenters. The van der Waals surface area contributed by atoms with E-state index in [0.717, 1.165) is 25.3 Å². The predicted molar refractivity (Wildman–Crippen MR) is 79.1 cm³/mol. The highest BCUT2D eigenvalue weighted by Gasteiger charge is 2.03. The van der Waals surface area contributed by atoms with Gasteiger partial charge in [0.2, 0.25) is 0 Å². The summed E-state index contributed by atoms with van der Waals surface area (Å²) in [6.07, 6.45) is 4.81. The predicted octanol–water partition coefficient (Wildman–Crippen LogP) is 2.99. The van der Waals surface area contributed by atoms with Crippen LogP contribution in [0.2, 0.25) is 0 Å². The van der Waals surface area contributed by atoms with E-state index in [9.17, 15) is 0 Å². The number of hydrogen-bond donors (Lipinski definition) is 1. The highest BCUT2D eigenvalue weighted by atomic mass is 15.0. The first-order valence-electron chi connectivity index (χ1n) is 7.00. The number of benzene rings is 1. The molecule has 1 aromatic carbocycles. The van der Waals surface area contributed by atoms with Gasteiger partial charge in [-0.25, -0.2) is 4.98 Å². The molecular weight excluding hydrogens is 234 g/mol. The quantitative estimate of drug-likeness (QED) is 0.862. The monoisotopic (exact) mass is 257 g/mol. The van der Waals surface area contributed by atoms with Crippen LogP contribution in [-0.2, 0) is 19.5 Å². The standard InChI is InChI=1S/C16H23N3/c1-4-19-10-9-17-16(19)11-14-5-7-15(8-6-14)12-18-13(2)3/h5-10,13,18H,4,11-12H2,1-3H3. The van der Waals surface area contributed by atoms with E-state index >= 15 is 0 Å². The molecule has 0 aliphatic heterocycles. The van der Waals surface area contributed by atoms with E-state index in [-0.39, 0.29) is 0 Å². The number of nitrogens with zero attached hydrogens (tertiary/aromatic N) is 2. The van der Waals surface area contributed by atoms with Crippen molar-refractivity contribution in [3.05, 3.63) is 53.6 Å². The summed E-state index contributed by atoms with van der Waals surface area (Å²) in [5, 5.41) is 3.43. The van der Waals surface area contributed by atoms with Crippen molar-refractivity contribution in [2.75, 3.05) is 0 Å². The van der Waals surface area contributed by atoms with Crippen LogP contribution in [0.4, 0.5) is 0 Å². The molecule has 1 aromatic heterocycles. The molecular formula is C16H23N3. The van der Waals surface area contributed by atoms with Gasteiger partial charge in [0.05, 0.1) is 0 Å². The zero-order valence-electron chi connectivity index (χ0n) is 12.1. The van der Waals surface area contributed by atoms with Gasteiger partial charge >= 0.3 is 0 Å². The Balaban J connectivity index is 1.98. The van der Waals surface area contributed by atoms with E-state index in [1.807, 2.05) is 12.4 Å². The van der Waals surface area contributed by atoms with Gasteiger partial charge in [0, 0.05) is 37.9 Å². The van der Waals surface area contributed by atoms with Gasteiger partial charge in [-0.15, -0.1) is 0 Å². The molecule has 0 amide bonds. The summed E-state index contributed by atoms with van der Waals surface area (Å²) in [6.45, 7) is 8.39. The van der Waals surface area contributed by atoms with E-state index in [1.54, 1.807) is 0 Å². The lowest BCUT2D eigenvalue weighted by Gasteiger charge is -2.09. The molecule has 3 nitrogen and oxygen atoms in total. The van der Waals surface area contributed by atoms with Gasteiger partial charge in [0.25, 0.3) is 0 Å². The maximum atomic E-state index is 4.41. The zero-order valence-corrected chi connectivity index (χ0v) is 12.1. The van der Waals surface area contributed by atoms with Crippen LogP contribution in [0.15, 0.2) is 36.7 Å². The Hall–Kier alpha value is -1.61. The summed E-state index contributed by atoms with van der Waals surface area (Å²) in [6, 6.07) is 9.32. The second-order valence-electron chi connectivity index (χ2n) is 5.16. The van der Waals surface area contributed by atoms with E-state index in [4.69, 9.17) is 0 Å². The zero-order chi connectivity index (χ0) is 13.7. The van der Waals surface area contributed by atoms with Crippen molar-refractivity contribution in [2.45, 2.75) is 46.3 Å². The summed E-state index contributed by atoms with van der Waals surface area (Å²) < 4.78 is 2.19. The maximum Gasteiger partial charge on any atom is 0.113 e. The SMILES string of the molecule is CCn1ccnc1Cc1ccc(CNC(C)C)cc1. The van der Waals surface area contributed by atoms with Crippen LogP contribution >= 0.6 is 0 Å². The molecule has 102 valence electrons. The topological polar surface area (TPSA) is 29.9 Å². The van der Waals surface area contributed by atoms with E-state index in [1.165, 1.54) is 11.1 Å². The number of hydrogen-bond acceptors (Lipinski definition) is 2. The van der Waals surface area contributed by atoms with Crippen LogP contribution in [0.5, 0.6) is 0 Å². The molecule has 0 atom stereocenters. The lowest BCUT2D eigenvalue weighted by atomic mass is 10.1.